The summed E-state index contributed by atoms with van der Waals surface area (Å²) in [5.74, 6) is 0. The van der Waals surface area contributed by atoms with Crippen molar-refractivity contribution in [3.63, 3.8) is 0 Å². The van der Waals surface area contributed by atoms with Crippen LogP contribution in [0.4, 0.5) is 34.1 Å². The fourth-order valence-electron chi connectivity index (χ4n) is 10.2. The van der Waals surface area contributed by atoms with Crippen LogP contribution in [0.25, 0.3) is 42.4 Å². The molecule has 0 fully saturated rings. The average molecular weight is 851 g/mol. The Kier molecular flexibility index (Phi) is 9.40. The van der Waals surface area contributed by atoms with Gasteiger partial charge in [-0.1, -0.05) is 176 Å². The standard InChI is InChI=1S/C60H42N2SSi/c1-6-20-44(21-7-1)61(45-22-8-2-9-23-45)47-36-39-59-55(42-47)53-37-34-43(40-60(53)64(59,49-26-12-4-13-27-49)50-28-14-5-15-29-50)51-30-16-18-32-56(51)62(46-24-10-3-11-25-46)48-35-38-58-54(41-48)52-31-17-19-33-57(52)63-58/h1-42H. The van der Waals surface area contributed by atoms with Crippen LogP contribution in [0.3, 0.4) is 0 Å². The largest absolute Gasteiger partial charge is 0.310 e. The molecule has 12 rings (SSSR count). The molecule has 1 aliphatic heterocycles. The third-order valence-electron chi connectivity index (χ3n) is 12.9. The second kappa shape index (κ2) is 15.9. The van der Waals surface area contributed by atoms with Gasteiger partial charge in [0.25, 0.3) is 0 Å². The van der Waals surface area contributed by atoms with Gasteiger partial charge in [-0.05, 0) is 116 Å². The first-order chi connectivity index (χ1) is 31.8. The molecule has 1 aromatic heterocycles. The lowest BCUT2D eigenvalue weighted by Crippen LogP contribution is -2.72. The highest BCUT2D eigenvalue weighted by Gasteiger charge is 2.49. The Morgan fingerprint density at radius 3 is 1.47 bits per heavy atom. The van der Waals surface area contributed by atoms with Crippen molar-refractivity contribution in [3.05, 3.63) is 255 Å². The number of fused-ring (bicyclic) bond motifs is 6. The maximum Gasteiger partial charge on any atom is 0.180 e. The normalized spacial score (nSPS) is 12.5. The van der Waals surface area contributed by atoms with E-state index in [4.69, 9.17) is 0 Å². The van der Waals surface area contributed by atoms with Crippen molar-refractivity contribution in [1.29, 1.82) is 0 Å². The number of para-hydroxylation sites is 4. The molecule has 4 heteroatoms. The number of nitrogens with zero attached hydrogens (tertiary/aromatic N) is 2. The van der Waals surface area contributed by atoms with Crippen LogP contribution in [0.5, 0.6) is 0 Å². The zero-order valence-electron chi connectivity index (χ0n) is 35.1. The van der Waals surface area contributed by atoms with Crippen molar-refractivity contribution in [3.8, 4) is 22.3 Å². The molecule has 0 aliphatic carbocycles. The molecule has 64 heavy (non-hydrogen) atoms. The highest BCUT2D eigenvalue weighted by Crippen LogP contribution is 2.45. The van der Waals surface area contributed by atoms with Crippen LogP contribution in [0.2, 0.25) is 0 Å². The van der Waals surface area contributed by atoms with E-state index in [9.17, 15) is 0 Å². The van der Waals surface area contributed by atoms with Gasteiger partial charge in [0, 0.05) is 54.2 Å². The number of hydrogen-bond acceptors (Lipinski definition) is 3. The molecule has 2 heterocycles. The lowest BCUT2D eigenvalue weighted by atomic mass is 9.98. The second-order valence-electron chi connectivity index (χ2n) is 16.4. The maximum atomic E-state index is 2.55. The SMILES string of the molecule is c1ccc(N(c2ccccc2)c2ccc3c(c2)-c2ccc(-c4ccccc4N(c4ccccc4)c4ccc5sc6ccccc6c5c4)cc2[Si]3(c2ccccc2)c2ccccc2)cc1. The van der Waals surface area contributed by atoms with E-state index in [2.05, 4.69) is 265 Å². The number of hydrogen-bond donors (Lipinski definition) is 0. The van der Waals surface area contributed by atoms with Crippen LogP contribution in [0.1, 0.15) is 0 Å². The predicted octanol–water partition coefficient (Wildman–Crippen LogP) is 14.0. The molecule has 0 amide bonds. The van der Waals surface area contributed by atoms with Crippen molar-refractivity contribution in [1.82, 2.24) is 0 Å². The van der Waals surface area contributed by atoms with E-state index >= 15 is 0 Å². The highest BCUT2D eigenvalue weighted by atomic mass is 32.1. The second-order valence-corrected chi connectivity index (χ2v) is 21.3. The summed E-state index contributed by atoms with van der Waals surface area (Å²) in [6, 6.07) is 94.2. The van der Waals surface area contributed by atoms with Gasteiger partial charge in [0.2, 0.25) is 0 Å². The summed E-state index contributed by atoms with van der Waals surface area (Å²) in [6.45, 7) is 0. The van der Waals surface area contributed by atoms with Gasteiger partial charge < -0.3 is 9.80 Å². The van der Waals surface area contributed by atoms with Gasteiger partial charge >= 0.3 is 0 Å². The molecule has 0 saturated heterocycles. The zero-order chi connectivity index (χ0) is 42.5. The summed E-state index contributed by atoms with van der Waals surface area (Å²) in [5.41, 5.74) is 11.8. The van der Waals surface area contributed by atoms with E-state index in [0.29, 0.717) is 0 Å². The molecule has 0 spiro atoms. The number of rotatable bonds is 9. The smallest absolute Gasteiger partial charge is 0.180 e. The van der Waals surface area contributed by atoms with Crippen molar-refractivity contribution >= 4 is 94.5 Å². The summed E-state index contributed by atoms with van der Waals surface area (Å²) >= 11 is 1.86. The van der Waals surface area contributed by atoms with Gasteiger partial charge in [-0.2, -0.15) is 0 Å². The first-order valence-electron chi connectivity index (χ1n) is 21.9. The first-order valence-corrected chi connectivity index (χ1v) is 24.7. The average Bonchev–Trinajstić information content (AvgIpc) is 3.89. The summed E-state index contributed by atoms with van der Waals surface area (Å²) in [5, 5.41) is 8.16. The molecule has 0 saturated carbocycles. The van der Waals surface area contributed by atoms with Crippen molar-refractivity contribution in [2.45, 2.75) is 0 Å². The molecule has 0 bridgehead atoms. The van der Waals surface area contributed by atoms with E-state index in [-0.39, 0.29) is 0 Å². The van der Waals surface area contributed by atoms with Crippen LogP contribution in [0.15, 0.2) is 255 Å². The summed E-state index contributed by atoms with van der Waals surface area (Å²) in [4.78, 5) is 4.82. The van der Waals surface area contributed by atoms with Gasteiger partial charge in [-0.15, -0.1) is 11.3 Å². The minimum absolute atomic E-state index is 1.12. The monoisotopic (exact) mass is 850 g/mol. The van der Waals surface area contributed by atoms with Crippen LogP contribution in [-0.4, -0.2) is 8.07 Å². The Morgan fingerprint density at radius 2 is 0.812 bits per heavy atom. The topological polar surface area (TPSA) is 6.48 Å². The molecular formula is C60H42N2SSi. The number of anilines is 6. The third-order valence-corrected chi connectivity index (χ3v) is 18.9. The van der Waals surface area contributed by atoms with E-state index in [1.165, 1.54) is 63.2 Å². The van der Waals surface area contributed by atoms with Crippen LogP contribution in [-0.2, 0) is 0 Å². The minimum Gasteiger partial charge on any atom is -0.310 e. The molecule has 1 aliphatic rings. The zero-order valence-corrected chi connectivity index (χ0v) is 36.9. The third kappa shape index (κ3) is 6.22. The van der Waals surface area contributed by atoms with Gasteiger partial charge in [-0.3, -0.25) is 0 Å². The fourth-order valence-corrected chi connectivity index (χ4v) is 16.4. The van der Waals surface area contributed by atoms with E-state index < -0.39 is 8.07 Å². The molecule has 0 unspecified atom stereocenters. The Bertz CT molecular complexity index is 3360. The molecule has 0 N–H and O–H groups in total. The maximum absolute atomic E-state index is 2.86. The lowest BCUT2D eigenvalue weighted by Gasteiger charge is -2.32. The van der Waals surface area contributed by atoms with Gasteiger partial charge in [0.1, 0.15) is 0 Å². The summed E-state index contributed by atoms with van der Waals surface area (Å²) in [6.07, 6.45) is 0. The summed E-state index contributed by atoms with van der Waals surface area (Å²) in [7, 11) is -2.86. The van der Waals surface area contributed by atoms with Crippen LogP contribution in [0, 0.1) is 0 Å². The number of benzene rings is 10. The lowest BCUT2D eigenvalue weighted by molar-refractivity contribution is 1.29. The predicted molar refractivity (Wildman–Crippen MR) is 277 cm³/mol. The Hall–Kier alpha value is -7.76. The number of thiophene rings is 1. The molecule has 10 aromatic carbocycles. The quantitative estimate of drug-likeness (QED) is 0.134. The minimum atomic E-state index is -2.86. The first kappa shape index (κ1) is 38.0. The van der Waals surface area contributed by atoms with Crippen molar-refractivity contribution in [2.24, 2.45) is 0 Å². The molecule has 0 atom stereocenters. The molecule has 11 aromatic rings. The molecular weight excluding hydrogens is 809 g/mol. The van der Waals surface area contributed by atoms with Crippen molar-refractivity contribution < 1.29 is 0 Å². The van der Waals surface area contributed by atoms with E-state index in [1.54, 1.807) is 0 Å². The Labute approximate surface area is 379 Å². The Morgan fingerprint density at radius 1 is 0.297 bits per heavy atom. The molecule has 0 radical (unpaired) electrons. The Balaban J connectivity index is 1.09. The highest BCUT2D eigenvalue weighted by molar-refractivity contribution is 7.25. The molecule has 302 valence electrons. The van der Waals surface area contributed by atoms with Crippen LogP contribution < -0.4 is 30.5 Å². The van der Waals surface area contributed by atoms with Gasteiger partial charge in [0.15, 0.2) is 8.07 Å². The van der Waals surface area contributed by atoms with Gasteiger partial charge in [-0.25, -0.2) is 0 Å². The molecule has 2 nitrogen and oxygen atoms in total. The van der Waals surface area contributed by atoms with E-state index in [0.717, 1.165) is 34.1 Å². The van der Waals surface area contributed by atoms with Crippen molar-refractivity contribution in [2.75, 3.05) is 9.80 Å². The van der Waals surface area contributed by atoms with Crippen LogP contribution >= 0.6 is 11.3 Å². The van der Waals surface area contributed by atoms with E-state index in [1.807, 2.05) is 11.3 Å². The summed E-state index contributed by atoms with van der Waals surface area (Å²) < 4.78 is 2.61. The van der Waals surface area contributed by atoms with Gasteiger partial charge in [0.05, 0.1) is 5.69 Å². The fraction of sp³-hybridized carbons (Fsp3) is 0.